The van der Waals surface area contributed by atoms with E-state index < -0.39 is 16.5 Å². The molecule has 0 aromatic carbocycles. The van der Waals surface area contributed by atoms with Crippen molar-refractivity contribution >= 4 is 17.0 Å². The molecule has 0 saturated carbocycles. The summed E-state index contributed by atoms with van der Waals surface area (Å²) in [6, 6.07) is 0. The lowest BCUT2D eigenvalue weighted by atomic mass is 9.86. The average Bonchev–Trinajstić information content (AvgIpc) is 2.15. The van der Waals surface area contributed by atoms with Crippen LogP contribution in [0.3, 0.4) is 0 Å². The van der Waals surface area contributed by atoms with Crippen molar-refractivity contribution in [1.82, 2.24) is 4.72 Å². The molecule has 1 N–H and O–H groups in total. The normalized spacial score (nSPS) is 17.3. The van der Waals surface area contributed by atoms with Crippen LogP contribution in [0, 0.1) is 5.92 Å². The molecule has 0 aliphatic heterocycles. The zero-order valence-corrected chi connectivity index (χ0v) is 13.4. The first-order chi connectivity index (χ1) is 8.03. The summed E-state index contributed by atoms with van der Waals surface area (Å²) >= 11 is 0. The molecule has 0 aromatic rings. The number of ether oxygens (including phenoxy) is 1. The molecule has 0 aromatic heterocycles. The van der Waals surface area contributed by atoms with Gasteiger partial charge >= 0.3 is 5.97 Å². The maximum Gasteiger partial charge on any atom is 0.307 e. The van der Waals surface area contributed by atoms with Crippen LogP contribution in [0.2, 0.25) is 0 Å². The van der Waals surface area contributed by atoms with Crippen LogP contribution in [0.25, 0.3) is 0 Å². The fourth-order valence-electron chi connectivity index (χ4n) is 1.23. The lowest BCUT2D eigenvalue weighted by molar-refractivity contribution is -0.145. The van der Waals surface area contributed by atoms with Gasteiger partial charge in [0, 0.05) is 5.54 Å². The van der Waals surface area contributed by atoms with Gasteiger partial charge in [0.25, 0.3) is 0 Å². The van der Waals surface area contributed by atoms with Crippen molar-refractivity contribution in [1.29, 1.82) is 0 Å². The number of esters is 1. The maximum absolute atomic E-state index is 12.2. The van der Waals surface area contributed by atoms with Gasteiger partial charge in [-0.3, -0.25) is 4.79 Å². The van der Waals surface area contributed by atoms with Gasteiger partial charge in [-0.05, 0) is 40.5 Å². The van der Waals surface area contributed by atoms with Gasteiger partial charge in [0.1, 0.15) is 0 Å². The van der Waals surface area contributed by atoms with Crippen molar-refractivity contribution in [3.05, 3.63) is 0 Å². The quantitative estimate of drug-likeness (QED) is 0.759. The van der Waals surface area contributed by atoms with Crippen LogP contribution in [-0.2, 0) is 20.5 Å². The molecule has 108 valence electrons. The van der Waals surface area contributed by atoms with E-state index in [1.165, 1.54) is 0 Å². The topological polar surface area (TPSA) is 55.4 Å². The first-order valence-electron chi connectivity index (χ1n) is 6.38. The Morgan fingerprint density at radius 2 is 1.78 bits per heavy atom. The highest BCUT2D eigenvalue weighted by molar-refractivity contribution is 7.84. The standard InChI is InChI=1S/C13H27NO3S/c1-8-17-11(15)9-13(7,10(2)3)14-18(16)12(4,5)6/h10,14H,8-9H2,1-7H3/t13?,18-/m1/s1. The molecule has 0 amide bonds. The molecule has 0 bridgehead atoms. The number of carbonyl (C=O) groups excluding carboxylic acids is 1. The lowest BCUT2D eigenvalue weighted by Crippen LogP contribution is -2.52. The van der Waals surface area contributed by atoms with Gasteiger partial charge in [0.05, 0.1) is 28.8 Å². The van der Waals surface area contributed by atoms with E-state index in [-0.39, 0.29) is 23.1 Å². The molecular weight excluding hydrogens is 250 g/mol. The molecular formula is C13H27NO3S. The van der Waals surface area contributed by atoms with Crippen molar-refractivity contribution in [2.75, 3.05) is 6.61 Å². The van der Waals surface area contributed by atoms with Gasteiger partial charge in [-0.1, -0.05) is 13.8 Å². The highest BCUT2D eigenvalue weighted by atomic mass is 32.2. The van der Waals surface area contributed by atoms with E-state index in [1.807, 2.05) is 41.5 Å². The SMILES string of the molecule is CCOC(=O)CC(C)(N[S@](=O)C(C)(C)C)C(C)C. The summed E-state index contributed by atoms with van der Waals surface area (Å²) in [6.45, 7) is 13.8. The Balaban J connectivity index is 4.84. The summed E-state index contributed by atoms with van der Waals surface area (Å²) in [7, 11) is -1.21. The predicted molar refractivity (Wildman–Crippen MR) is 75.5 cm³/mol. The number of carbonyl (C=O) groups is 1. The molecule has 0 aliphatic rings. The predicted octanol–water partition coefficient (Wildman–Crippen LogP) is 2.41. The third-order valence-corrected chi connectivity index (χ3v) is 4.74. The van der Waals surface area contributed by atoms with Crippen molar-refractivity contribution in [3.8, 4) is 0 Å². The number of rotatable bonds is 6. The largest absolute Gasteiger partial charge is 0.466 e. The smallest absolute Gasteiger partial charge is 0.307 e. The highest BCUT2D eigenvalue weighted by Crippen LogP contribution is 2.24. The number of hydrogen-bond donors (Lipinski definition) is 1. The fourth-order valence-corrected chi connectivity index (χ4v) is 2.27. The van der Waals surface area contributed by atoms with E-state index in [9.17, 15) is 9.00 Å². The van der Waals surface area contributed by atoms with Crippen LogP contribution in [-0.4, -0.2) is 27.1 Å². The van der Waals surface area contributed by atoms with Gasteiger partial charge < -0.3 is 4.74 Å². The Kier molecular flexibility index (Phi) is 6.51. The van der Waals surface area contributed by atoms with Gasteiger partial charge in [-0.2, -0.15) is 0 Å². The Labute approximate surface area is 113 Å². The average molecular weight is 277 g/mol. The molecule has 0 fully saturated rings. The van der Waals surface area contributed by atoms with Crippen LogP contribution < -0.4 is 4.72 Å². The molecule has 0 saturated heterocycles. The molecule has 0 rings (SSSR count). The summed E-state index contributed by atoms with van der Waals surface area (Å²) in [6.07, 6.45) is 0.223. The minimum atomic E-state index is -1.21. The molecule has 0 spiro atoms. The Morgan fingerprint density at radius 3 is 2.11 bits per heavy atom. The molecule has 18 heavy (non-hydrogen) atoms. The third-order valence-electron chi connectivity index (χ3n) is 2.97. The van der Waals surface area contributed by atoms with E-state index >= 15 is 0 Å². The monoisotopic (exact) mass is 277 g/mol. The van der Waals surface area contributed by atoms with Crippen LogP contribution in [0.15, 0.2) is 0 Å². The number of nitrogens with one attached hydrogen (secondary N) is 1. The van der Waals surface area contributed by atoms with Crippen LogP contribution in [0.4, 0.5) is 0 Å². The van der Waals surface area contributed by atoms with Crippen molar-refractivity contribution in [3.63, 3.8) is 0 Å². The summed E-state index contributed by atoms with van der Waals surface area (Å²) in [5, 5.41) is 0. The second-order valence-corrected chi connectivity index (χ2v) is 8.00. The lowest BCUT2D eigenvalue weighted by Gasteiger charge is -2.35. The molecule has 0 heterocycles. The summed E-state index contributed by atoms with van der Waals surface area (Å²) in [5.74, 6) is -0.0830. The van der Waals surface area contributed by atoms with Crippen LogP contribution >= 0.6 is 0 Å². The van der Waals surface area contributed by atoms with Gasteiger partial charge in [-0.15, -0.1) is 0 Å². The third kappa shape index (κ3) is 5.48. The molecule has 0 radical (unpaired) electrons. The molecule has 1 unspecified atom stereocenters. The fraction of sp³-hybridized carbons (Fsp3) is 0.923. The second-order valence-electron chi connectivity index (χ2n) is 6.04. The molecule has 4 nitrogen and oxygen atoms in total. The van der Waals surface area contributed by atoms with Gasteiger partial charge in [-0.25, -0.2) is 8.93 Å². The Morgan fingerprint density at radius 1 is 1.28 bits per heavy atom. The molecule has 2 atom stereocenters. The molecule has 0 aliphatic carbocycles. The van der Waals surface area contributed by atoms with Crippen molar-refractivity contribution in [2.24, 2.45) is 5.92 Å². The second kappa shape index (κ2) is 6.66. The van der Waals surface area contributed by atoms with E-state index in [0.29, 0.717) is 6.61 Å². The van der Waals surface area contributed by atoms with Crippen LogP contribution in [0.5, 0.6) is 0 Å². The minimum absolute atomic E-state index is 0.174. The zero-order valence-electron chi connectivity index (χ0n) is 12.6. The first kappa shape index (κ1) is 17.6. The van der Waals surface area contributed by atoms with Crippen molar-refractivity contribution < 1.29 is 13.7 Å². The van der Waals surface area contributed by atoms with Gasteiger partial charge in [0.2, 0.25) is 0 Å². The number of hydrogen-bond acceptors (Lipinski definition) is 3. The summed E-state index contributed by atoms with van der Waals surface area (Å²) in [4.78, 5) is 11.6. The van der Waals surface area contributed by atoms with E-state index in [2.05, 4.69) is 4.72 Å². The van der Waals surface area contributed by atoms with E-state index in [0.717, 1.165) is 0 Å². The van der Waals surface area contributed by atoms with Crippen molar-refractivity contribution in [2.45, 2.75) is 65.2 Å². The highest BCUT2D eigenvalue weighted by Gasteiger charge is 2.36. The maximum atomic E-state index is 12.2. The Hall–Kier alpha value is -0.420. The minimum Gasteiger partial charge on any atom is -0.466 e. The van der Waals surface area contributed by atoms with E-state index in [4.69, 9.17) is 4.74 Å². The summed E-state index contributed by atoms with van der Waals surface area (Å²) in [5.41, 5.74) is -0.523. The van der Waals surface area contributed by atoms with Crippen LogP contribution in [0.1, 0.15) is 54.9 Å². The Bertz CT molecular complexity index is 310. The van der Waals surface area contributed by atoms with E-state index in [1.54, 1.807) is 6.92 Å². The van der Waals surface area contributed by atoms with Gasteiger partial charge in [0.15, 0.2) is 0 Å². The summed E-state index contributed by atoms with van der Waals surface area (Å²) < 4.78 is 19.9. The molecule has 5 heteroatoms. The first-order valence-corrected chi connectivity index (χ1v) is 7.53. The zero-order chi connectivity index (χ0) is 14.6.